The van der Waals surface area contributed by atoms with Gasteiger partial charge in [0.05, 0.1) is 19.3 Å². The molecule has 0 bridgehead atoms. The molecule has 0 fully saturated rings. The molecular weight excluding hydrogens is 226 g/mol. The van der Waals surface area contributed by atoms with Crippen molar-refractivity contribution in [1.82, 2.24) is 24.6 Å². The summed E-state index contributed by atoms with van der Waals surface area (Å²) in [5, 5.41) is 7.59. The van der Waals surface area contributed by atoms with Crippen molar-refractivity contribution >= 4 is 0 Å². The van der Waals surface area contributed by atoms with E-state index >= 15 is 0 Å². The third-order valence-corrected chi connectivity index (χ3v) is 2.75. The molecule has 0 saturated carbocycles. The topological polar surface area (TPSA) is 47.7 Å². The molecule has 0 aliphatic carbocycles. The van der Waals surface area contributed by atoms with Crippen LogP contribution in [0.4, 0.5) is 0 Å². The van der Waals surface area contributed by atoms with E-state index in [4.69, 9.17) is 0 Å². The molecule has 2 aromatic rings. The molecule has 0 aromatic carbocycles. The average molecular weight is 247 g/mol. The first-order valence-electron chi connectivity index (χ1n) is 6.33. The highest BCUT2D eigenvalue weighted by molar-refractivity contribution is 5.06. The molecule has 0 radical (unpaired) electrons. The van der Waals surface area contributed by atoms with Crippen LogP contribution < -0.4 is 5.32 Å². The third kappa shape index (κ3) is 3.43. The highest BCUT2D eigenvalue weighted by Gasteiger charge is 2.04. The third-order valence-electron chi connectivity index (χ3n) is 2.75. The van der Waals surface area contributed by atoms with Gasteiger partial charge < -0.3 is 9.88 Å². The van der Waals surface area contributed by atoms with Crippen molar-refractivity contribution in [1.29, 1.82) is 0 Å². The lowest BCUT2D eigenvalue weighted by molar-refractivity contribution is 0.533. The average Bonchev–Trinajstić information content (AvgIpc) is 2.89. The second kappa shape index (κ2) is 5.82. The first kappa shape index (κ1) is 12.8. The summed E-state index contributed by atoms with van der Waals surface area (Å²) in [5.41, 5.74) is 1.20. The Morgan fingerprint density at radius 3 is 2.89 bits per heavy atom. The van der Waals surface area contributed by atoms with Gasteiger partial charge in [-0.2, -0.15) is 5.10 Å². The Labute approximate surface area is 108 Å². The molecule has 0 spiro atoms. The maximum absolute atomic E-state index is 4.39. The minimum absolute atomic E-state index is 0.659. The van der Waals surface area contributed by atoms with Crippen LogP contribution in [-0.2, 0) is 20.1 Å². The van der Waals surface area contributed by atoms with E-state index in [1.54, 1.807) is 0 Å². The molecule has 2 rings (SSSR count). The summed E-state index contributed by atoms with van der Waals surface area (Å²) in [6.07, 6.45) is 7.79. The molecule has 98 valence electrons. The maximum atomic E-state index is 4.39. The smallest absolute Gasteiger partial charge is 0.122 e. The van der Waals surface area contributed by atoms with Crippen LogP contribution >= 0.6 is 0 Å². The molecule has 2 aromatic heterocycles. The molecule has 0 unspecified atom stereocenters. The van der Waals surface area contributed by atoms with Gasteiger partial charge in [-0.1, -0.05) is 13.8 Å². The van der Waals surface area contributed by atoms with E-state index in [9.17, 15) is 0 Å². The van der Waals surface area contributed by atoms with E-state index in [1.165, 1.54) is 5.56 Å². The molecule has 1 N–H and O–H groups in total. The molecule has 5 nitrogen and oxygen atoms in total. The monoisotopic (exact) mass is 247 g/mol. The van der Waals surface area contributed by atoms with E-state index in [1.807, 2.05) is 36.5 Å². The Hall–Kier alpha value is -1.62. The number of nitrogens with zero attached hydrogens (tertiary/aromatic N) is 4. The number of aromatic nitrogens is 4. The SMILES string of the molecule is CC(C)CNCc1nccn1Cc1cnn(C)c1. The normalized spacial score (nSPS) is 11.3. The van der Waals surface area contributed by atoms with Gasteiger partial charge in [-0.3, -0.25) is 4.68 Å². The van der Waals surface area contributed by atoms with Crippen LogP contribution in [0.5, 0.6) is 0 Å². The molecule has 5 heteroatoms. The largest absolute Gasteiger partial charge is 0.329 e. The van der Waals surface area contributed by atoms with Crippen LogP contribution in [0.15, 0.2) is 24.8 Å². The van der Waals surface area contributed by atoms with Gasteiger partial charge in [0.25, 0.3) is 0 Å². The Morgan fingerprint density at radius 2 is 2.22 bits per heavy atom. The van der Waals surface area contributed by atoms with Crippen LogP contribution in [0.2, 0.25) is 0 Å². The van der Waals surface area contributed by atoms with Crippen molar-refractivity contribution in [3.05, 3.63) is 36.2 Å². The summed E-state index contributed by atoms with van der Waals surface area (Å²) in [4.78, 5) is 4.39. The second-order valence-corrected chi connectivity index (χ2v) is 5.02. The molecule has 0 amide bonds. The van der Waals surface area contributed by atoms with Gasteiger partial charge in [0.2, 0.25) is 0 Å². The lowest BCUT2D eigenvalue weighted by Crippen LogP contribution is -2.21. The predicted octanol–water partition coefficient (Wildman–Crippen LogP) is 1.41. The first-order chi connectivity index (χ1) is 8.65. The lowest BCUT2D eigenvalue weighted by Gasteiger charge is -2.09. The molecule has 0 saturated heterocycles. The van der Waals surface area contributed by atoms with E-state index in [-0.39, 0.29) is 0 Å². The second-order valence-electron chi connectivity index (χ2n) is 5.02. The zero-order valence-corrected chi connectivity index (χ0v) is 11.3. The van der Waals surface area contributed by atoms with Gasteiger partial charge in [-0.25, -0.2) is 4.98 Å². The summed E-state index contributed by atoms with van der Waals surface area (Å²) in [7, 11) is 1.93. The molecular formula is C13H21N5. The molecule has 0 aliphatic heterocycles. The Bertz CT molecular complexity index is 483. The van der Waals surface area contributed by atoms with Gasteiger partial charge in [-0.15, -0.1) is 0 Å². The standard InChI is InChI=1S/C13H21N5/c1-11(2)6-14-8-13-15-4-5-18(13)10-12-7-16-17(3)9-12/h4-5,7,9,11,14H,6,8,10H2,1-3H3. The van der Waals surface area contributed by atoms with Crippen molar-refractivity contribution in [2.24, 2.45) is 13.0 Å². The number of hydrogen-bond acceptors (Lipinski definition) is 3. The predicted molar refractivity (Wildman–Crippen MR) is 71.1 cm³/mol. The van der Waals surface area contributed by atoms with Gasteiger partial charge in [0, 0.05) is 31.2 Å². The summed E-state index contributed by atoms with van der Waals surface area (Å²) < 4.78 is 3.98. The van der Waals surface area contributed by atoms with E-state index in [0.717, 1.165) is 25.5 Å². The van der Waals surface area contributed by atoms with Gasteiger partial charge >= 0.3 is 0 Å². The number of rotatable bonds is 6. The van der Waals surface area contributed by atoms with Crippen molar-refractivity contribution in [2.75, 3.05) is 6.54 Å². The van der Waals surface area contributed by atoms with Gasteiger partial charge in [0.15, 0.2) is 0 Å². The molecule has 18 heavy (non-hydrogen) atoms. The van der Waals surface area contributed by atoms with Crippen LogP contribution in [0.25, 0.3) is 0 Å². The number of nitrogens with one attached hydrogen (secondary N) is 1. The minimum atomic E-state index is 0.659. The summed E-state index contributed by atoms with van der Waals surface area (Å²) >= 11 is 0. The quantitative estimate of drug-likeness (QED) is 0.839. The zero-order chi connectivity index (χ0) is 13.0. The Morgan fingerprint density at radius 1 is 1.39 bits per heavy atom. The fourth-order valence-electron chi connectivity index (χ4n) is 1.87. The van der Waals surface area contributed by atoms with Gasteiger partial charge in [0.1, 0.15) is 5.82 Å². The highest BCUT2D eigenvalue weighted by atomic mass is 15.2. The number of aryl methyl sites for hydroxylation is 1. The lowest BCUT2D eigenvalue weighted by atomic mass is 10.2. The van der Waals surface area contributed by atoms with Crippen LogP contribution in [0, 0.1) is 5.92 Å². The molecule has 0 atom stereocenters. The van der Waals surface area contributed by atoms with E-state index < -0.39 is 0 Å². The van der Waals surface area contributed by atoms with Crippen LogP contribution in [-0.4, -0.2) is 25.9 Å². The zero-order valence-electron chi connectivity index (χ0n) is 11.3. The van der Waals surface area contributed by atoms with Crippen molar-refractivity contribution in [3.8, 4) is 0 Å². The minimum Gasteiger partial charge on any atom is -0.329 e. The van der Waals surface area contributed by atoms with Crippen molar-refractivity contribution in [2.45, 2.75) is 26.9 Å². The molecule has 0 aliphatic rings. The Balaban J connectivity index is 1.95. The van der Waals surface area contributed by atoms with Crippen LogP contribution in [0.3, 0.4) is 0 Å². The summed E-state index contributed by atoms with van der Waals surface area (Å²) in [6, 6.07) is 0. The van der Waals surface area contributed by atoms with Crippen molar-refractivity contribution < 1.29 is 0 Å². The van der Waals surface area contributed by atoms with E-state index in [2.05, 4.69) is 33.8 Å². The fraction of sp³-hybridized carbons (Fsp3) is 0.538. The Kier molecular flexibility index (Phi) is 4.15. The highest BCUT2D eigenvalue weighted by Crippen LogP contribution is 2.04. The maximum Gasteiger partial charge on any atom is 0.122 e. The number of hydrogen-bond donors (Lipinski definition) is 1. The summed E-state index contributed by atoms with van der Waals surface area (Å²) in [6.45, 7) is 7.06. The first-order valence-corrected chi connectivity index (χ1v) is 6.33. The fourth-order valence-corrected chi connectivity index (χ4v) is 1.87. The number of imidazole rings is 1. The van der Waals surface area contributed by atoms with E-state index in [0.29, 0.717) is 5.92 Å². The van der Waals surface area contributed by atoms with Crippen molar-refractivity contribution in [3.63, 3.8) is 0 Å². The van der Waals surface area contributed by atoms with Gasteiger partial charge in [-0.05, 0) is 12.5 Å². The molecule has 2 heterocycles. The summed E-state index contributed by atoms with van der Waals surface area (Å²) in [5.74, 6) is 1.73. The van der Waals surface area contributed by atoms with Crippen LogP contribution in [0.1, 0.15) is 25.2 Å².